The normalized spacial score (nSPS) is 15.3. The van der Waals surface area contributed by atoms with E-state index in [1.165, 1.54) is 24.5 Å². The number of fused-ring (bicyclic) bond motifs is 1. The molecule has 9 heteroatoms. The Kier molecular flexibility index (Phi) is 8.67. The topological polar surface area (TPSA) is 88.6 Å². The number of amides is 1. The summed E-state index contributed by atoms with van der Waals surface area (Å²) in [6.45, 7) is 7.75. The summed E-state index contributed by atoms with van der Waals surface area (Å²) in [6, 6.07) is 7.94. The number of ether oxygens (including phenoxy) is 2. The first-order valence-corrected chi connectivity index (χ1v) is 12.3. The summed E-state index contributed by atoms with van der Waals surface area (Å²) in [4.78, 5) is 23.7. The lowest BCUT2D eigenvalue weighted by Gasteiger charge is -2.18. The van der Waals surface area contributed by atoms with Gasteiger partial charge in [0.25, 0.3) is 0 Å². The van der Waals surface area contributed by atoms with Gasteiger partial charge in [-0.25, -0.2) is 14.4 Å². The lowest BCUT2D eigenvalue weighted by atomic mass is 10.1. The molecule has 37 heavy (non-hydrogen) atoms. The fourth-order valence-electron chi connectivity index (χ4n) is 3.98. The van der Waals surface area contributed by atoms with Crippen LogP contribution >= 0.6 is 0 Å². The minimum Gasteiger partial charge on any atom is -0.486 e. The van der Waals surface area contributed by atoms with E-state index in [0.717, 1.165) is 19.5 Å². The molecule has 1 amide bonds. The first kappa shape index (κ1) is 26.1. The van der Waals surface area contributed by atoms with Gasteiger partial charge in [0.1, 0.15) is 29.8 Å². The van der Waals surface area contributed by atoms with Crippen molar-refractivity contribution in [3.05, 3.63) is 60.2 Å². The molecule has 1 fully saturated rings. The molecule has 0 aliphatic carbocycles. The van der Waals surface area contributed by atoms with E-state index in [1.807, 2.05) is 6.08 Å². The van der Waals surface area contributed by atoms with Gasteiger partial charge in [0.2, 0.25) is 5.91 Å². The molecule has 1 aromatic heterocycles. The standard InChI is InChI=1S/C28H30FN5O3/c1-4-19-14-20(9-10-23(19)29)32-28-22-15-25(33-27(35)8-7-12-34(5-2)6-3)26(16-24(22)30-18-31-28)37-21-11-13-36-17-21/h1,7-10,14-16,18,21H,5-6,11-13,17H2,2-3H3,(H,33,35)(H,30,31,32)/t21-/m0/s1. The molecular weight excluding hydrogens is 473 g/mol. The minimum atomic E-state index is -0.475. The van der Waals surface area contributed by atoms with Crippen LogP contribution in [0.2, 0.25) is 0 Å². The molecule has 0 unspecified atom stereocenters. The van der Waals surface area contributed by atoms with Crippen molar-refractivity contribution in [1.29, 1.82) is 0 Å². The van der Waals surface area contributed by atoms with E-state index in [0.29, 0.717) is 53.6 Å². The third-order valence-corrected chi connectivity index (χ3v) is 6.09. The molecule has 1 aliphatic heterocycles. The molecule has 0 bridgehead atoms. The number of aromatic nitrogens is 2. The summed E-state index contributed by atoms with van der Waals surface area (Å²) >= 11 is 0. The number of rotatable bonds is 10. The van der Waals surface area contributed by atoms with E-state index in [1.54, 1.807) is 18.2 Å². The van der Waals surface area contributed by atoms with E-state index in [2.05, 4.69) is 45.3 Å². The van der Waals surface area contributed by atoms with Crippen LogP contribution in [0.25, 0.3) is 10.9 Å². The Balaban J connectivity index is 1.65. The lowest BCUT2D eigenvalue weighted by Crippen LogP contribution is -2.23. The van der Waals surface area contributed by atoms with Gasteiger partial charge in [0, 0.05) is 36.2 Å². The van der Waals surface area contributed by atoms with Crippen molar-refractivity contribution < 1.29 is 18.7 Å². The molecule has 8 nitrogen and oxygen atoms in total. The maximum atomic E-state index is 13.9. The number of hydrogen-bond acceptors (Lipinski definition) is 7. The Morgan fingerprint density at radius 1 is 1.30 bits per heavy atom. The van der Waals surface area contributed by atoms with Crippen molar-refractivity contribution in [3.8, 4) is 18.1 Å². The molecule has 2 N–H and O–H groups in total. The number of carbonyl (C=O) groups is 1. The van der Waals surface area contributed by atoms with Crippen molar-refractivity contribution in [2.24, 2.45) is 0 Å². The van der Waals surface area contributed by atoms with E-state index < -0.39 is 5.82 Å². The molecule has 192 valence electrons. The molecule has 4 rings (SSSR count). The summed E-state index contributed by atoms with van der Waals surface area (Å²) < 4.78 is 25.5. The third-order valence-electron chi connectivity index (χ3n) is 6.09. The number of nitrogens with zero attached hydrogens (tertiary/aromatic N) is 3. The number of likely N-dealkylation sites (N-methyl/N-ethyl adjacent to an activating group) is 1. The fraction of sp³-hybridized carbons (Fsp3) is 0.321. The van der Waals surface area contributed by atoms with Crippen LogP contribution in [0.5, 0.6) is 5.75 Å². The molecule has 2 aromatic carbocycles. The minimum absolute atomic E-state index is 0.118. The Morgan fingerprint density at radius 3 is 2.86 bits per heavy atom. The maximum Gasteiger partial charge on any atom is 0.248 e. The van der Waals surface area contributed by atoms with E-state index in [4.69, 9.17) is 15.9 Å². The van der Waals surface area contributed by atoms with Crippen LogP contribution in [-0.4, -0.2) is 59.7 Å². The number of anilines is 3. The monoisotopic (exact) mass is 503 g/mol. The van der Waals surface area contributed by atoms with Crippen LogP contribution in [0.15, 0.2) is 48.8 Å². The van der Waals surface area contributed by atoms with E-state index in [9.17, 15) is 9.18 Å². The van der Waals surface area contributed by atoms with Gasteiger partial charge in [-0.1, -0.05) is 25.8 Å². The number of hydrogen-bond donors (Lipinski definition) is 2. The second kappa shape index (κ2) is 12.3. The Hall–Kier alpha value is -4.00. The van der Waals surface area contributed by atoms with Gasteiger partial charge >= 0.3 is 0 Å². The molecule has 2 heterocycles. The number of carbonyl (C=O) groups excluding carboxylic acids is 1. The van der Waals surface area contributed by atoms with Crippen LogP contribution in [0.1, 0.15) is 25.8 Å². The molecular formula is C28H30FN5O3. The average molecular weight is 504 g/mol. The maximum absolute atomic E-state index is 13.9. The molecule has 1 atom stereocenters. The highest BCUT2D eigenvalue weighted by atomic mass is 19.1. The van der Waals surface area contributed by atoms with Crippen LogP contribution < -0.4 is 15.4 Å². The predicted molar refractivity (Wildman–Crippen MR) is 143 cm³/mol. The Labute approximate surface area is 215 Å². The summed E-state index contributed by atoms with van der Waals surface area (Å²) in [7, 11) is 0. The lowest BCUT2D eigenvalue weighted by molar-refractivity contribution is -0.111. The molecule has 0 spiro atoms. The molecule has 0 radical (unpaired) electrons. The number of benzene rings is 2. The first-order valence-electron chi connectivity index (χ1n) is 12.3. The van der Waals surface area contributed by atoms with Crippen molar-refractivity contribution in [2.45, 2.75) is 26.4 Å². The summed E-state index contributed by atoms with van der Waals surface area (Å²) in [5.41, 5.74) is 1.81. The third kappa shape index (κ3) is 6.61. The van der Waals surface area contributed by atoms with E-state index >= 15 is 0 Å². The van der Waals surface area contributed by atoms with Gasteiger partial charge in [-0.15, -0.1) is 6.42 Å². The van der Waals surface area contributed by atoms with Gasteiger partial charge in [0.15, 0.2) is 0 Å². The average Bonchev–Trinajstić information content (AvgIpc) is 3.41. The second-order valence-corrected chi connectivity index (χ2v) is 8.53. The molecule has 1 aliphatic rings. The van der Waals surface area contributed by atoms with Crippen molar-refractivity contribution in [3.63, 3.8) is 0 Å². The summed E-state index contributed by atoms with van der Waals surface area (Å²) in [6.07, 6.45) is 10.8. The van der Waals surface area contributed by atoms with Crippen LogP contribution in [0.4, 0.5) is 21.6 Å². The molecule has 0 saturated carbocycles. The largest absolute Gasteiger partial charge is 0.486 e. The van der Waals surface area contributed by atoms with Crippen molar-refractivity contribution in [1.82, 2.24) is 14.9 Å². The number of terminal acetylenes is 1. The second-order valence-electron chi connectivity index (χ2n) is 8.53. The zero-order chi connectivity index (χ0) is 26.2. The molecule has 1 saturated heterocycles. The molecule has 3 aromatic rings. The van der Waals surface area contributed by atoms with Gasteiger partial charge in [0.05, 0.1) is 30.0 Å². The highest BCUT2D eigenvalue weighted by Gasteiger charge is 2.21. The predicted octanol–water partition coefficient (Wildman–Crippen LogP) is 4.50. The van der Waals surface area contributed by atoms with Gasteiger partial charge < -0.3 is 25.0 Å². The highest BCUT2D eigenvalue weighted by molar-refractivity contribution is 6.03. The zero-order valence-corrected chi connectivity index (χ0v) is 21.0. The van der Waals surface area contributed by atoms with E-state index in [-0.39, 0.29) is 17.6 Å². The number of halogens is 1. The summed E-state index contributed by atoms with van der Waals surface area (Å²) in [5, 5.41) is 6.75. The summed E-state index contributed by atoms with van der Waals surface area (Å²) in [5.74, 6) is 2.55. The quantitative estimate of drug-likeness (QED) is 0.311. The Morgan fingerprint density at radius 2 is 2.14 bits per heavy atom. The van der Waals surface area contributed by atoms with Crippen molar-refractivity contribution in [2.75, 3.05) is 43.5 Å². The van der Waals surface area contributed by atoms with Crippen LogP contribution in [-0.2, 0) is 9.53 Å². The van der Waals surface area contributed by atoms with Gasteiger partial charge in [-0.2, -0.15) is 0 Å². The SMILES string of the molecule is C#Cc1cc(Nc2ncnc3cc(O[C@H]4CCOC4)c(NC(=O)C=CCN(CC)CC)cc23)ccc1F. The van der Waals surface area contributed by atoms with Gasteiger partial charge in [-0.05, 0) is 37.4 Å². The van der Waals surface area contributed by atoms with Crippen LogP contribution in [0.3, 0.4) is 0 Å². The van der Waals surface area contributed by atoms with Crippen molar-refractivity contribution >= 4 is 34.0 Å². The van der Waals surface area contributed by atoms with Crippen LogP contribution in [0, 0.1) is 18.2 Å². The smallest absolute Gasteiger partial charge is 0.248 e. The van der Waals surface area contributed by atoms with Gasteiger partial charge in [-0.3, -0.25) is 4.79 Å². The number of nitrogens with one attached hydrogen (secondary N) is 2. The fourth-order valence-corrected chi connectivity index (χ4v) is 3.98. The first-order chi connectivity index (χ1) is 18.0. The zero-order valence-electron chi connectivity index (χ0n) is 21.0. The highest BCUT2D eigenvalue weighted by Crippen LogP contribution is 2.34. The Bertz CT molecular complexity index is 1330.